The summed E-state index contributed by atoms with van der Waals surface area (Å²) in [6.45, 7) is 3.98. The molecule has 3 heteroatoms. The maximum atomic E-state index is 11.2. The summed E-state index contributed by atoms with van der Waals surface area (Å²) in [6.07, 6.45) is 2.00. The van der Waals surface area contributed by atoms with Crippen LogP contribution in [0.1, 0.15) is 22.3 Å². The molecule has 0 bridgehead atoms. The van der Waals surface area contributed by atoms with Crippen LogP contribution in [0.15, 0.2) is 54.2 Å². The Morgan fingerprint density at radius 3 is 2.45 bits per heavy atom. The van der Waals surface area contributed by atoms with E-state index in [0.717, 1.165) is 22.3 Å². The van der Waals surface area contributed by atoms with Crippen molar-refractivity contribution in [1.82, 2.24) is 0 Å². The molecule has 0 unspecified atom stereocenters. The first-order valence-corrected chi connectivity index (χ1v) is 6.52. The van der Waals surface area contributed by atoms with E-state index in [-0.39, 0.29) is 10.6 Å². The quantitative estimate of drug-likeness (QED) is 0.616. The molecule has 0 aliphatic rings. The summed E-state index contributed by atoms with van der Waals surface area (Å²) in [5.74, 6) is 0. The van der Waals surface area contributed by atoms with Crippen LogP contribution in [0.4, 0.5) is 0 Å². The van der Waals surface area contributed by atoms with Crippen LogP contribution in [0.3, 0.4) is 0 Å². The topological polar surface area (TPSA) is 43.1 Å². The van der Waals surface area contributed by atoms with Gasteiger partial charge in [0.25, 0.3) is 5.70 Å². The molecule has 0 N–H and O–H groups in total. The summed E-state index contributed by atoms with van der Waals surface area (Å²) in [6, 6.07) is 15.4. The Morgan fingerprint density at radius 1 is 1.15 bits per heavy atom. The van der Waals surface area contributed by atoms with Gasteiger partial charge >= 0.3 is 0 Å². The summed E-state index contributed by atoms with van der Waals surface area (Å²) in [5.41, 5.74) is 4.27. The highest BCUT2D eigenvalue weighted by Gasteiger charge is 2.12. The van der Waals surface area contributed by atoms with Crippen molar-refractivity contribution in [2.24, 2.45) is 0 Å². The molecule has 102 valence electrons. The van der Waals surface area contributed by atoms with Crippen molar-refractivity contribution in [2.45, 2.75) is 20.3 Å². The fourth-order valence-electron chi connectivity index (χ4n) is 2.14. The predicted molar refractivity (Wildman–Crippen MR) is 81.0 cm³/mol. The smallest absolute Gasteiger partial charge is 0.251 e. The average Bonchev–Trinajstić information content (AvgIpc) is 2.42. The molecule has 0 spiro atoms. The van der Waals surface area contributed by atoms with E-state index in [1.54, 1.807) is 6.08 Å². The second kappa shape index (κ2) is 6.15. The monoisotopic (exact) mass is 267 g/mol. The second-order valence-electron chi connectivity index (χ2n) is 4.92. The van der Waals surface area contributed by atoms with Crippen molar-refractivity contribution in [3.63, 3.8) is 0 Å². The minimum Gasteiger partial charge on any atom is -0.259 e. The zero-order valence-electron chi connectivity index (χ0n) is 11.7. The van der Waals surface area contributed by atoms with Gasteiger partial charge in [-0.1, -0.05) is 54.1 Å². The number of hydrogen-bond donors (Lipinski definition) is 0. The maximum Gasteiger partial charge on any atom is 0.251 e. The van der Waals surface area contributed by atoms with Gasteiger partial charge in [-0.15, -0.1) is 0 Å². The van der Waals surface area contributed by atoms with Crippen LogP contribution < -0.4 is 0 Å². The Balaban J connectivity index is 2.33. The van der Waals surface area contributed by atoms with Gasteiger partial charge in [-0.05, 0) is 30.5 Å². The Hall–Kier alpha value is -2.42. The van der Waals surface area contributed by atoms with Crippen LogP contribution in [0.25, 0.3) is 6.08 Å². The zero-order chi connectivity index (χ0) is 14.5. The molecular formula is C17H17NO2. The largest absolute Gasteiger partial charge is 0.259 e. The van der Waals surface area contributed by atoms with Crippen LogP contribution >= 0.6 is 0 Å². The lowest BCUT2D eigenvalue weighted by Gasteiger charge is -2.04. The molecule has 0 aliphatic heterocycles. The summed E-state index contributed by atoms with van der Waals surface area (Å²) >= 11 is 0. The standard InChI is InChI=1S/C17H17NO2/c1-13-8-9-16(14(2)10-13)12-17(18(19)20)11-15-6-4-3-5-7-15/h3-10,12H,11H2,1-2H3. The van der Waals surface area contributed by atoms with Gasteiger partial charge < -0.3 is 0 Å². The van der Waals surface area contributed by atoms with E-state index in [9.17, 15) is 10.1 Å². The van der Waals surface area contributed by atoms with Crippen molar-refractivity contribution in [1.29, 1.82) is 0 Å². The third-order valence-corrected chi connectivity index (χ3v) is 3.21. The number of hydrogen-bond acceptors (Lipinski definition) is 2. The summed E-state index contributed by atoms with van der Waals surface area (Å²) < 4.78 is 0. The molecule has 0 atom stereocenters. The molecule has 2 aromatic carbocycles. The van der Waals surface area contributed by atoms with E-state index in [1.165, 1.54) is 0 Å². The molecule has 0 radical (unpaired) electrons. The highest BCUT2D eigenvalue weighted by molar-refractivity contribution is 5.56. The SMILES string of the molecule is Cc1ccc(C=C(Cc2ccccc2)[N+](=O)[O-])c(C)c1. The Morgan fingerprint density at radius 2 is 1.85 bits per heavy atom. The highest BCUT2D eigenvalue weighted by atomic mass is 16.6. The second-order valence-corrected chi connectivity index (χ2v) is 4.92. The average molecular weight is 267 g/mol. The van der Waals surface area contributed by atoms with Gasteiger partial charge in [0.1, 0.15) is 0 Å². The number of nitrogens with zero attached hydrogens (tertiary/aromatic N) is 1. The predicted octanol–water partition coefficient (Wildman–Crippen LogP) is 4.16. The van der Waals surface area contributed by atoms with Crippen molar-refractivity contribution in [3.05, 3.63) is 86.6 Å². The van der Waals surface area contributed by atoms with Gasteiger partial charge in [0.05, 0.1) is 11.3 Å². The van der Waals surface area contributed by atoms with E-state index >= 15 is 0 Å². The van der Waals surface area contributed by atoms with E-state index in [4.69, 9.17) is 0 Å². The molecule has 2 aromatic rings. The number of allylic oxidation sites excluding steroid dienone is 1. The lowest BCUT2D eigenvalue weighted by atomic mass is 10.0. The van der Waals surface area contributed by atoms with Gasteiger partial charge in [-0.3, -0.25) is 10.1 Å². The van der Waals surface area contributed by atoms with Gasteiger partial charge in [0.2, 0.25) is 0 Å². The summed E-state index contributed by atoms with van der Waals surface area (Å²) in [4.78, 5) is 10.9. The molecule has 0 saturated carbocycles. The van der Waals surface area contributed by atoms with Crippen molar-refractivity contribution in [3.8, 4) is 0 Å². The molecule has 0 aromatic heterocycles. The zero-order valence-corrected chi connectivity index (χ0v) is 11.7. The Kier molecular flexibility index (Phi) is 4.31. The molecule has 0 saturated heterocycles. The lowest BCUT2D eigenvalue weighted by Crippen LogP contribution is -2.02. The van der Waals surface area contributed by atoms with Crippen molar-refractivity contribution in [2.75, 3.05) is 0 Å². The first-order chi connectivity index (χ1) is 9.56. The van der Waals surface area contributed by atoms with Gasteiger partial charge in [-0.25, -0.2) is 0 Å². The molecule has 0 heterocycles. The molecule has 0 amide bonds. The van der Waals surface area contributed by atoms with Crippen LogP contribution in [0.2, 0.25) is 0 Å². The van der Waals surface area contributed by atoms with E-state index in [2.05, 4.69) is 0 Å². The molecule has 0 fully saturated rings. The van der Waals surface area contributed by atoms with E-state index in [1.807, 2.05) is 62.4 Å². The summed E-state index contributed by atoms with van der Waals surface area (Å²) in [7, 11) is 0. The van der Waals surface area contributed by atoms with Crippen molar-refractivity contribution >= 4 is 6.08 Å². The fourth-order valence-corrected chi connectivity index (χ4v) is 2.14. The third-order valence-electron chi connectivity index (χ3n) is 3.21. The van der Waals surface area contributed by atoms with Crippen LogP contribution in [-0.2, 0) is 6.42 Å². The molecule has 3 nitrogen and oxygen atoms in total. The molecule has 2 rings (SSSR count). The Labute approximate surface area is 118 Å². The third kappa shape index (κ3) is 3.54. The van der Waals surface area contributed by atoms with Crippen LogP contribution in [0, 0.1) is 24.0 Å². The molecule has 20 heavy (non-hydrogen) atoms. The molecule has 0 aliphatic carbocycles. The van der Waals surface area contributed by atoms with Crippen LogP contribution in [-0.4, -0.2) is 4.92 Å². The van der Waals surface area contributed by atoms with Gasteiger partial charge in [0, 0.05) is 6.08 Å². The lowest BCUT2D eigenvalue weighted by molar-refractivity contribution is -0.425. The first kappa shape index (κ1) is 14.0. The number of benzene rings is 2. The van der Waals surface area contributed by atoms with E-state index < -0.39 is 0 Å². The normalized spacial score (nSPS) is 11.4. The van der Waals surface area contributed by atoms with E-state index in [0.29, 0.717) is 6.42 Å². The summed E-state index contributed by atoms with van der Waals surface area (Å²) in [5, 5.41) is 11.2. The number of aryl methyl sites for hydroxylation is 2. The maximum absolute atomic E-state index is 11.2. The minimum atomic E-state index is -0.299. The minimum absolute atomic E-state index is 0.211. The Bertz CT molecular complexity index is 645. The fraction of sp³-hybridized carbons (Fsp3) is 0.176. The van der Waals surface area contributed by atoms with Gasteiger partial charge in [0.15, 0.2) is 0 Å². The number of rotatable bonds is 4. The molecular weight excluding hydrogens is 250 g/mol. The van der Waals surface area contributed by atoms with Crippen molar-refractivity contribution < 1.29 is 4.92 Å². The highest BCUT2D eigenvalue weighted by Crippen LogP contribution is 2.17. The van der Waals surface area contributed by atoms with Gasteiger partial charge in [-0.2, -0.15) is 0 Å². The number of nitro groups is 1. The van der Waals surface area contributed by atoms with Crippen LogP contribution in [0.5, 0.6) is 0 Å². The first-order valence-electron chi connectivity index (χ1n) is 6.52.